The molecule has 0 spiro atoms. The van der Waals surface area contributed by atoms with Gasteiger partial charge < -0.3 is 15.0 Å². The van der Waals surface area contributed by atoms with Crippen LogP contribution in [0.2, 0.25) is 0 Å². The number of rotatable bonds is 7. The Morgan fingerprint density at radius 2 is 1.67 bits per heavy atom. The van der Waals surface area contributed by atoms with E-state index >= 15 is 0 Å². The van der Waals surface area contributed by atoms with E-state index in [2.05, 4.69) is 19.2 Å². The second-order valence-electron chi connectivity index (χ2n) is 7.32. The van der Waals surface area contributed by atoms with Gasteiger partial charge in [0, 0.05) is 24.3 Å². The van der Waals surface area contributed by atoms with Crippen molar-refractivity contribution >= 4 is 29.2 Å². The minimum atomic E-state index is -0.420. The van der Waals surface area contributed by atoms with E-state index in [-0.39, 0.29) is 18.2 Å². The maximum absolute atomic E-state index is 12.8. The van der Waals surface area contributed by atoms with E-state index in [1.165, 1.54) is 0 Å². The van der Waals surface area contributed by atoms with Crippen molar-refractivity contribution in [1.29, 1.82) is 0 Å². The van der Waals surface area contributed by atoms with Crippen LogP contribution in [-0.4, -0.2) is 30.9 Å². The van der Waals surface area contributed by atoms with Crippen LogP contribution >= 0.6 is 0 Å². The van der Waals surface area contributed by atoms with E-state index in [0.717, 1.165) is 29.7 Å². The van der Waals surface area contributed by atoms with Gasteiger partial charge in [-0.2, -0.15) is 0 Å². The number of amides is 2. The highest BCUT2D eigenvalue weighted by molar-refractivity contribution is 6.04. The number of ether oxygens (including phenoxy) is 1. The zero-order valence-electron chi connectivity index (χ0n) is 17.7. The molecule has 3 rings (SSSR count). The van der Waals surface area contributed by atoms with Gasteiger partial charge in [-0.25, -0.2) is 4.79 Å². The molecule has 0 unspecified atom stereocenters. The number of anilines is 2. The molecule has 158 valence electrons. The third-order valence-corrected chi connectivity index (χ3v) is 5.39. The summed E-state index contributed by atoms with van der Waals surface area (Å²) in [5, 5.41) is 2.86. The molecule has 2 aromatic rings. The number of carbonyl (C=O) groups excluding carboxylic acids is 3. The summed E-state index contributed by atoms with van der Waals surface area (Å²) >= 11 is 0. The summed E-state index contributed by atoms with van der Waals surface area (Å²) in [5.41, 5.74) is 4.22. The van der Waals surface area contributed by atoms with E-state index in [1.54, 1.807) is 36.1 Å². The first-order chi connectivity index (χ1) is 14.5. The van der Waals surface area contributed by atoms with Gasteiger partial charge >= 0.3 is 5.97 Å². The molecule has 6 heteroatoms. The van der Waals surface area contributed by atoms with Crippen molar-refractivity contribution in [2.75, 3.05) is 23.4 Å². The fraction of sp³-hybridized carbons (Fsp3) is 0.375. The molecule has 2 aromatic carbocycles. The largest absolute Gasteiger partial charge is 0.462 e. The average molecular weight is 408 g/mol. The van der Waals surface area contributed by atoms with E-state index in [1.807, 2.05) is 18.2 Å². The second kappa shape index (κ2) is 9.57. The van der Waals surface area contributed by atoms with Crippen LogP contribution in [0, 0.1) is 5.92 Å². The van der Waals surface area contributed by atoms with Crippen LogP contribution in [-0.2, 0) is 27.2 Å². The molecule has 1 aliphatic heterocycles. The SMILES string of the molecule is CCOC(=O)c1ccc(NC(=O)[C@H]2CC(=O)N(c3c(CC)cccc3CC)C2)cc1. The van der Waals surface area contributed by atoms with Crippen molar-refractivity contribution in [2.45, 2.75) is 40.0 Å². The lowest BCUT2D eigenvalue weighted by Gasteiger charge is -2.23. The van der Waals surface area contributed by atoms with Crippen molar-refractivity contribution in [3.63, 3.8) is 0 Å². The molecule has 0 bridgehead atoms. The van der Waals surface area contributed by atoms with Gasteiger partial charge in [0.15, 0.2) is 0 Å². The predicted molar refractivity (Wildman–Crippen MR) is 117 cm³/mol. The Morgan fingerprint density at radius 1 is 1.03 bits per heavy atom. The Balaban J connectivity index is 1.71. The van der Waals surface area contributed by atoms with Crippen molar-refractivity contribution < 1.29 is 19.1 Å². The van der Waals surface area contributed by atoms with Crippen LogP contribution in [0.25, 0.3) is 0 Å². The molecule has 1 aliphatic rings. The van der Waals surface area contributed by atoms with E-state index < -0.39 is 11.9 Å². The highest BCUT2D eigenvalue weighted by atomic mass is 16.5. The van der Waals surface area contributed by atoms with Crippen LogP contribution in [0.5, 0.6) is 0 Å². The van der Waals surface area contributed by atoms with Gasteiger partial charge in [-0.1, -0.05) is 32.0 Å². The summed E-state index contributed by atoms with van der Waals surface area (Å²) in [7, 11) is 0. The maximum atomic E-state index is 12.8. The minimum Gasteiger partial charge on any atom is -0.462 e. The molecule has 0 aliphatic carbocycles. The van der Waals surface area contributed by atoms with Gasteiger partial charge in [-0.05, 0) is 55.2 Å². The fourth-order valence-electron chi connectivity index (χ4n) is 3.81. The number of aryl methyl sites for hydroxylation is 2. The Bertz CT molecular complexity index is 914. The first kappa shape index (κ1) is 21.6. The predicted octanol–water partition coefficient (Wildman–Crippen LogP) is 3.98. The van der Waals surface area contributed by atoms with Crippen LogP contribution in [0.4, 0.5) is 11.4 Å². The topological polar surface area (TPSA) is 75.7 Å². The Kier molecular flexibility index (Phi) is 6.87. The lowest BCUT2D eigenvalue weighted by Crippen LogP contribution is -2.29. The third-order valence-electron chi connectivity index (χ3n) is 5.39. The Hall–Kier alpha value is -3.15. The van der Waals surface area contributed by atoms with Gasteiger partial charge in [-0.15, -0.1) is 0 Å². The Morgan fingerprint density at radius 3 is 2.23 bits per heavy atom. The molecule has 1 heterocycles. The van der Waals surface area contributed by atoms with Gasteiger partial charge in [0.25, 0.3) is 0 Å². The number of nitrogens with zero attached hydrogens (tertiary/aromatic N) is 1. The zero-order valence-corrected chi connectivity index (χ0v) is 17.7. The van der Waals surface area contributed by atoms with Crippen LogP contribution in [0.15, 0.2) is 42.5 Å². The fourth-order valence-corrected chi connectivity index (χ4v) is 3.81. The summed E-state index contributed by atoms with van der Waals surface area (Å²) in [5.74, 6) is -1.03. The standard InChI is InChI=1S/C24H28N2O4/c1-4-16-8-7-9-17(5-2)22(16)26-15-19(14-21(26)27)23(28)25-20-12-10-18(11-13-20)24(29)30-6-3/h7-13,19H,4-6,14-15H2,1-3H3,(H,25,28)/t19-/m0/s1. The van der Waals surface area contributed by atoms with Crippen LogP contribution < -0.4 is 10.2 Å². The number of benzene rings is 2. The molecule has 0 aromatic heterocycles. The lowest BCUT2D eigenvalue weighted by atomic mass is 10.0. The molecular formula is C24H28N2O4. The summed E-state index contributed by atoms with van der Waals surface area (Å²) in [6.45, 7) is 6.58. The van der Waals surface area contributed by atoms with E-state index in [9.17, 15) is 14.4 Å². The molecule has 1 saturated heterocycles. The molecule has 6 nitrogen and oxygen atoms in total. The molecule has 0 saturated carbocycles. The van der Waals surface area contributed by atoms with Crippen molar-refractivity contribution in [2.24, 2.45) is 5.92 Å². The number of nitrogens with one attached hydrogen (secondary N) is 1. The van der Waals surface area contributed by atoms with Gasteiger partial charge in [-0.3, -0.25) is 9.59 Å². The number of esters is 1. The molecule has 1 fully saturated rings. The molecule has 0 radical (unpaired) electrons. The van der Waals surface area contributed by atoms with Crippen molar-refractivity contribution in [3.8, 4) is 0 Å². The summed E-state index contributed by atoms with van der Waals surface area (Å²) in [6, 6.07) is 12.7. The number of hydrogen-bond donors (Lipinski definition) is 1. The van der Waals surface area contributed by atoms with Crippen LogP contribution in [0.3, 0.4) is 0 Å². The van der Waals surface area contributed by atoms with Crippen molar-refractivity contribution in [1.82, 2.24) is 0 Å². The minimum absolute atomic E-state index is 0.0246. The maximum Gasteiger partial charge on any atom is 0.338 e. The average Bonchev–Trinajstić information content (AvgIpc) is 3.15. The molecule has 1 N–H and O–H groups in total. The first-order valence-electron chi connectivity index (χ1n) is 10.5. The Labute approximate surface area is 177 Å². The smallest absolute Gasteiger partial charge is 0.338 e. The first-order valence-corrected chi connectivity index (χ1v) is 10.5. The van der Waals surface area contributed by atoms with Crippen LogP contribution in [0.1, 0.15) is 48.7 Å². The van der Waals surface area contributed by atoms with E-state index in [4.69, 9.17) is 4.74 Å². The summed E-state index contributed by atoms with van der Waals surface area (Å²) < 4.78 is 4.96. The summed E-state index contributed by atoms with van der Waals surface area (Å²) in [4.78, 5) is 39.1. The van der Waals surface area contributed by atoms with E-state index in [0.29, 0.717) is 24.4 Å². The molecule has 2 amide bonds. The number of carbonyl (C=O) groups is 3. The summed E-state index contributed by atoms with van der Waals surface area (Å²) in [6.07, 6.45) is 1.85. The normalized spacial score (nSPS) is 15.9. The molecule has 30 heavy (non-hydrogen) atoms. The monoisotopic (exact) mass is 408 g/mol. The van der Waals surface area contributed by atoms with Gasteiger partial charge in [0.1, 0.15) is 0 Å². The quantitative estimate of drug-likeness (QED) is 0.703. The third kappa shape index (κ3) is 4.53. The lowest BCUT2D eigenvalue weighted by molar-refractivity contribution is -0.122. The van der Waals surface area contributed by atoms with Gasteiger partial charge in [0.2, 0.25) is 11.8 Å². The highest BCUT2D eigenvalue weighted by Crippen LogP contribution is 2.32. The zero-order chi connectivity index (χ0) is 21.7. The molecular weight excluding hydrogens is 380 g/mol. The van der Waals surface area contributed by atoms with Crippen molar-refractivity contribution in [3.05, 3.63) is 59.2 Å². The number of para-hydroxylation sites is 1. The molecule has 1 atom stereocenters. The van der Waals surface area contributed by atoms with Gasteiger partial charge in [0.05, 0.1) is 18.1 Å². The second-order valence-corrected chi connectivity index (χ2v) is 7.32. The number of hydrogen-bond acceptors (Lipinski definition) is 4. The highest BCUT2D eigenvalue weighted by Gasteiger charge is 2.36.